The van der Waals surface area contributed by atoms with Crippen molar-refractivity contribution in [3.63, 3.8) is 0 Å². The molecule has 0 amide bonds. The second kappa shape index (κ2) is 3.77. The summed E-state index contributed by atoms with van der Waals surface area (Å²) in [5.74, 6) is 0. The van der Waals surface area contributed by atoms with Crippen LogP contribution in [0.3, 0.4) is 0 Å². The van der Waals surface area contributed by atoms with Crippen LogP contribution >= 0.6 is 11.3 Å². The van der Waals surface area contributed by atoms with Crippen LogP contribution < -0.4 is 5.73 Å². The monoisotopic (exact) mass is 228 g/mol. The van der Waals surface area contributed by atoms with Gasteiger partial charge in [0.1, 0.15) is 0 Å². The van der Waals surface area contributed by atoms with Gasteiger partial charge < -0.3 is 10.7 Å². The van der Waals surface area contributed by atoms with E-state index in [1.165, 1.54) is 10.9 Å². The van der Waals surface area contributed by atoms with Crippen molar-refractivity contribution in [3.8, 4) is 0 Å². The topological polar surface area (TPSA) is 41.8 Å². The molecule has 0 radical (unpaired) electrons. The average molecular weight is 228 g/mol. The molecule has 80 valence electrons. The van der Waals surface area contributed by atoms with Gasteiger partial charge in [-0.05, 0) is 45.5 Å². The maximum atomic E-state index is 6.21. The third-order valence-electron chi connectivity index (χ3n) is 2.84. The van der Waals surface area contributed by atoms with Crippen molar-refractivity contribution < 1.29 is 0 Å². The van der Waals surface area contributed by atoms with Crippen LogP contribution in [0, 0.1) is 0 Å². The van der Waals surface area contributed by atoms with E-state index < -0.39 is 0 Å². The summed E-state index contributed by atoms with van der Waals surface area (Å²) in [6.45, 7) is 0. The Bertz CT molecular complexity index is 595. The van der Waals surface area contributed by atoms with E-state index in [9.17, 15) is 0 Å². The Labute approximate surface area is 97.7 Å². The lowest BCUT2D eigenvalue weighted by Crippen LogP contribution is -2.10. The molecular formula is C13H12N2S. The molecule has 0 spiro atoms. The van der Waals surface area contributed by atoms with Crippen molar-refractivity contribution in [3.05, 3.63) is 58.4 Å². The molecule has 0 bridgehead atoms. The number of nitrogens with one attached hydrogen (secondary N) is 1. The largest absolute Gasteiger partial charge is 0.361 e. The van der Waals surface area contributed by atoms with Gasteiger partial charge in [0, 0.05) is 11.7 Å². The minimum Gasteiger partial charge on any atom is -0.361 e. The Morgan fingerprint density at radius 2 is 2.06 bits per heavy atom. The third-order valence-corrected chi connectivity index (χ3v) is 3.54. The normalized spacial score (nSPS) is 13.1. The Hall–Kier alpha value is -1.58. The van der Waals surface area contributed by atoms with Gasteiger partial charge in [-0.15, -0.1) is 0 Å². The highest BCUT2D eigenvalue weighted by Crippen LogP contribution is 2.24. The van der Waals surface area contributed by atoms with Gasteiger partial charge in [-0.3, -0.25) is 0 Å². The average Bonchev–Trinajstić information content (AvgIpc) is 2.98. The fourth-order valence-corrected chi connectivity index (χ4v) is 2.60. The summed E-state index contributed by atoms with van der Waals surface area (Å²) in [6, 6.07) is 10.4. The minimum absolute atomic E-state index is 0.0288. The lowest BCUT2D eigenvalue weighted by atomic mass is 10.0. The van der Waals surface area contributed by atoms with Gasteiger partial charge in [0.05, 0.1) is 6.04 Å². The van der Waals surface area contributed by atoms with Crippen LogP contribution in [0.1, 0.15) is 17.2 Å². The summed E-state index contributed by atoms with van der Waals surface area (Å²) in [5.41, 5.74) is 9.68. The van der Waals surface area contributed by atoms with Crippen molar-refractivity contribution in [2.45, 2.75) is 6.04 Å². The Balaban J connectivity index is 2.05. The van der Waals surface area contributed by atoms with Crippen LogP contribution in [0.5, 0.6) is 0 Å². The summed E-state index contributed by atoms with van der Waals surface area (Å²) >= 11 is 1.68. The van der Waals surface area contributed by atoms with Gasteiger partial charge in [-0.25, -0.2) is 0 Å². The number of benzene rings is 1. The van der Waals surface area contributed by atoms with Crippen LogP contribution in [0.15, 0.2) is 47.3 Å². The summed E-state index contributed by atoms with van der Waals surface area (Å²) in [6.07, 6.45) is 1.95. The van der Waals surface area contributed by atoms with Crippen molar-refractivity contribution in [1.29, 1.82) is 0 Å². The lowest BCUT2D eigenvalue weighted by molar-refractivity contribution is 0.878. The van der Waals surface area contributed by atoms with Crippen LogP contribution in [0.4, 0.5) is 0 Å². The Morgan fingerprint density at radius 3 is 2.88 bits per heavy atom. The highest BCUT2D eigenvalue weighted by molar-refractivity contribution is 7.08. The first-order valence-electron chi connectivity index (χ1n) is 5.19. The molecule has 3 N–H and O–H groups in total. The van der Waals surface area contributed by atoms with E-state index in [0.717, 1.165) is 11.1 Å². The molecule has 0 aliphatic rings. The predicted molar refractivity (Wildman–Crippen MR) is 68.6 cm³/mol. The smallest absolute Gasteiger partial charge is 0.0560 e. The molecule has 0 unspecified atom stereocenters. The molecule has 2 aromatic heterocycles. The lowest BCUT2D eigenvalue weighted by Gasteiger charge is -2.10. The van der Waals surface area contributed by atoms with Crippen molar-refractivity contribution in [1.82, 2.24) is 4.98 Å². The van der Waals surface area contributed by atoms with E-state index in [-0.39, 0.29) is 6.04 Å². The minimum atomic E-state index is -0.0288. The highest BCUT2D eigenvalue weighted by Gasteiger charge is 2.09. The van der Waals surface area contributed by atoms with Crippen molar-refractivity contribution in [2.75, 3.05) is 0 Å². The van der Waals surface area contributed by atoms with Crippen LogP contribution in [-0.2, 0) is 0 Å². The van der Waals surface area contributed by atoms with Crippen LogP contribution in [0.2, 0.25) is 0 Å². The maximum absolute atomic E-state index is 6.21. The van der Waals surface area contributed by atoms with E-state index in [2.05, 4.69) is 46.1 Å². The number of aromatic nitrogens is 1. The Morgan fingerprint density at radius 1 is 1.12 bits per heavy atom. The first-order valence-corrected chi connectivity index (χ1v) is 6.13. The van der Waals surface area contributed by atoms with Gasteiger partial charge >= 0.3 is 0 Å². The number of rotatable bonds is 2. The van der Waals surface area contributed by atoms with Crippen LogP contribution in [0.25, 0.3) is 10.9 Å². The molecular weight excluding hydrogens is 216 g/mol. The zero-order chi connectivity index (χ0) is 11.0. The molecule has 3 heteroatoms. The second-order valence-electron chi connectivity index (χ2n) is 3.86. The van der Waals surface area contributed by atoms with Gasteiger partial charge in [0.15, 0.2) is 0 Å². The van der Waals surface area contributed by atoms with E-state index in [0.29, 0.717) is 0 Å². The molecule has 0 aliphatic heterocycles. The van der Waals surface area contributed by atoms with E-state index in [1.54, 1.807) is 11.3 Å². The molecule has 3 aromatic rings. The third kappa shape index (κ3) is 1.54. The fourth-order valence-electron chi connectivity index (χ4n) is 1.90. The molecule has 0 fully saturated rings. The van der Waals surface area contributed by atoms with Gasteiger partial charge in [0.25, 0.3) is 0 Å². The van der Waals surface area contributed by atoms with Gasteiger partial charge in [-0.2, -0.15) is 11.3 Å². The standard InChI is InChI=1S/C13H12N2S/c14-13(11-4-6-16-8-11)10-2-1-9-3-5-15-12(9)7-10/h1-8,13,15H,14H2/t13-/m0/s1. The number of fused-ring (bicyclic) bond motifs is 1. The number of hydrogen-bond acceptors (Lipinski definition) is 2. The van der Waals surface area contributed by atoms with Gasteiger partial charge in [-0.1, -0.05) is 12.1 Å². The van der Waals surface area contributed by atoms with E-state index in [1.807, 2.05) is 6.20 Å². The second-order valence-corrected chi connectivity index (χ2v) is 4.64. The number of H-pyrrole nitrogens is 1. The number of hydrogen-bond donors (Lipinski definition) is 2. The summed E-state index contributed by atoms with van der Waals surface area (Å²) in [4.78, 5) is 3.21. The SMILES string of the molecule is N[C@H](c1ccsc1)c1ccc2cc[nH]c2c1. The summed E-state index contributed by atoms with van der Waals surface area (Å²) < 4.78 is 0. The van der Waals surface area contributed by atoms with E-state index >= 15 is 0 Å². The zero-order valence-electron chi connectivity index (χ0n) is 8.68. The zero-order valence-corrected chi connectivity index (χ0v) is 9.50. The molecule has 0 aliphatic carbocycles. The molecule has 16 heavy (non-hydrogen) atoms. The van der Waals surface area contributed by atoms with Gasteiger partial charge in [0.2, 0.25) is 0 Å². The molecule has 0 saturated heterocycles. The number of aromatic amines is 1. The summed E-state index contributed by atoms with van der Waals surface area (Å²) in [7, 11) is 0. The molecule has 1 atom stereocenters. The highest BCUT2D eigenvalue weighted by atomic mass is 32.1. The van der Waals surface area contributed by atoms with Crippen molar-refractivity contribution >= 4 is 22.2 Å². The maximum Gasteiger partial charge on any atom is 0.0560 e. The number of thiophene rings is 1. The molecule has 1 aromatic carbocycles. The first kappa shape index (κ1) is 9.63. The predicted octanol–water partition coefficient (Wildman–Crippen LogP) is 3.28. The van der Waals surface area contributed by atoms with Crippen molar-refractivity contribution in [2.24, 2.45) is 5.73 Å². The van der Waals surface area contributed by atoms with Crippen LogP contribution in [-0.4, -0.2) is 4.98 Å². The molecule has 0 saturated carbocycles. The molecule has 3 rings (SSSR count). The number of nitrogens with two attached hydrogens (primary N) is 1. The Kier molecular flexibility index (Phi) is 2.27. The quantitative estimate of drug-likeness (QED) is 0.694. The first-order chi connectivity index (χ1) is 7.84. The molecule has 2 heterocycles. The summed E-state index contributed by atoms with van der Waals surface area (Å²) in [5, 5.41) is 5.38. The fraction of sp³-hybridized carbons (Fsp3) is 0.0769. The molecule has 2 nitrogen and oxygen atoms in total. The van der Waals surface area contributed by atoms with E-state index in [4.69, 9.17) is 5.73 Å².